The Kier molecular flexibility index (Phi) is 6.01. The maximum Gasteiger partial charge on any atom is 0.248 e. The number of ketones is 1. The van der Waals surface area contributed by atoms with E-state index < -0.39 is 6.04 Å². The summed E-state index contributed by atoms with van der Waals surface area (Å²) in [6, 6.07) is 8.49. The molecule has 1 aliphatic carbocycles. The second-order valence-electron chi connectivity index (χ2n) is 10.4. The molecule has 2 amide bonds. The van der Waals surface area contributed by atoms with E-state index in [2.05, 4.69) is 25.4 Å². The van der Waals surface area contributed by atoms with Crippen molar-refractivity contribution in [2.75, 3.05) is 11.9 Å². The molecule has 3 aromatic heterocycles. The Morgan fingerprint density at radius 3 is 2.59 bits per heavy atom. The largest absolute Gasteiger partial charge is 0.328 e. The maximum atomic E-state index is 13.6. The fourth-order valence-electron chi connectivity index (χ4n) is 5.42. The topological polar surface area (TPSA) is 123 Å². The average molecular weight is 519 g/mol. The van der Waals surface area contributed by atoms with Crippen molar-refractivity contribution in [2.45, 2.75) is 39.8 Å². The number of amides is 2. The van der Waals surface area contributed by atoms with E-state index in [0.717, 1.165) is 23.1 Å². The van der Waals surface area contributed by atoms with E-state index in [9.17, 15) is 14.4 Å². The van der Waals surface area contributed by atoms with Gasteiger partial charge in [0.1, 0.15) is 37.8 Å². The van der Waals surface area contributed by atoms with Gasteiger partial charge in [0.05, 0.1) is 5.52 Å². The molecule has 1 aromatic carbocycles. The van der Waals surface area contributed by atoms with Gasteiger partial charge in [0.2, 0.25) is 11.8 Å². The van der Waals surface area contributed by atoms with Crippen LogP contribution in [-0.4, -0.2) is 67.7 Å². The van der Waals surface area contributed by atoms with Gasteiger partial charge >= 0.3 is 0 Å². The summed E-state index contributed by atoms with van der Waals surface area (Å²) in [5, 5.41) is 8.02. The van der Waals surface area contributed by atoms with Gasteiger partial charge in [-0.2, -0.15) is 5.10 Å². The Hall–Kier alpha value is -4.41. The Labute approximate surface area is 226 Å². The van der Waals surface area contributed by atoms with E-state index in [4.69, 9.17) is 7.85 Å². The van der Waals surface area contributed by atoms with Crippen molar-refractivity contribution in [3.63, 3.8) is 0 Å². The summed E-state index contributed by atoms with van der Waals surface area (Å²) in [6.07, 6.45) is 4.38. The van der Waals surface area contributed by atoms with Gasteiger partial charge in [-0.25, -0.2) is 15.0 Å². The van der Waals surface area contributed by atoms with Crippen molar-refractivity contribution in [1.82, 2.24) is 29.6 Å². The molecule has 1 saturated heterocycles. The van der Waals surface area contributed by atoms with Gasteiger partial charge in [-0.3, -0.25) is 19.1 Å². The van der Waals surface area contributed by atoms with Gasteiger partial charge in [-0.05, 0) is 61.0 Å². The first-order chi connectivity index (χ1) is 18.7. The number of likely N-dealkylation sites (tertiary alicyclic amines) is 1. The third-order valence-corrected chi connectivity index (χ3v) is 7.58. The fraction of sp³-hybridized carbons (Fsp3) is 0.321. The predicted octanol–water partition coefficient (Wildman–Crippen LogP) is 1.99. The lowest BCUT2D eigenvalue weighted by molar-refractivity contribution is -0.138. The quantitative estimate of drug-likeness (QED) is 0.305. The molecule has 2 radical (unpaired) electrons. The number of aromatic nitrogens is 5. The molecule has 4 aromatic rings. The minimum atomic E-state index is -0.590. The first kappa shape index (κ1) is 24.9. The van der Waals surface area contributed by atoms with Crippen LogP contribution in [0.5, 0.6) is 0 Å². The summed E-state index contributed by atoms with van der Waals surface area (Å²) in [7, 11) is 5.80. The summed E-state index contributed by atoms with van der Waals surface area (Å²) in [5.41, 5.74) is 3.71. The zero-order valence-corrected chi connectivity index (χ0v) is 21.9. The van der Waals surface area contributed by atoms with Gasteiger partial charge in [-0.15, -0.1) is 0 Å². The second-order valence-corrected chi connectivity index (χ2v) is 10.4. The van der Waals surface area contributed by atoms with E-state index in [1.165, 1.54) is 6.92 Å². The number of nitrogens with one attached hydrogen (secondary N) is 1. The van der Waals surface area contributed by atoms with Crippen LogP contribution in [0.1, 0.15) is 35.2 Å². The number of benzene rings is 1. The molecule has 39 heavy (non-hydrogen) atoms. The number of piperidine rings is 1. The molecule has 2 unspecified atom stereocenters. The third kappa shape index (κ3) is 4.58. The Morgan fingerprint density at radius 1 is 1.08 bits per heavy atom. The highest BCUT2D eigenvalue weighted by atomic mass is 16.2. The van der Waals surface area contributed by atoms with Crippen molar-refractivity contribution in [1.29, 1.82) is 0 Å². The van der Waals surface area contributed by atoms with Crippen molar-refractivity contribution < 1.29 is 14.4 Å². The number of nitrogens with zero attached hydrogens (tertiary/aromatic N) is 6. The zero-order chi connectivity index (χ0) is 27.4. The number of anilines is 1. The summed E-state index contributed by atoms with van der Waals surface area (Å²) >= 11 is 0. The average Bonchev–Trinajstić information content (AvgIpc) is 3.41. The number of fused-ring (bicyclic) bond motifs is 2. The van der Waals surface area contributed by atoms with Gasteiger partial charge in [0.15, 0.2) is 5.78 Å². The lowest BCUT2D eigenvalue weighted by atomic mass is 10.0. The Balaban J connectivity index is 1.27. The lowest BCUT2D eigenvalue weighted by Crippen LogP contribution is -2.47. The Morgan fingerprint density at radius 2 is 1.85 bits per heavy atom. The molecule has 0 spiro atoms. The van der Waals surface area contributed by atoms with Gasteiger partial charge in [0.25, 0.3) is 0 Å². The summed E-state index contributed by atoms with van der Waals surface area (Å²) < 4.78 is 1.55. The van der Waals surface area contributed by atoms with Crippen LogP contribution in [-0.2, 0) is 16.1 Å². The zero-order valence-electron chi connectivity index (χ0n) is 21.9. The van der Waals surface area contributed by atoms with E-state index in [-0.39, 0.29) is 35.8 Å². The van der Waals surface area contributed by atoms with Crippen LogP contribution in [0.3, 0.4) is 0 Å². The molecule has 0 bridgehead atoms. The van der Waals surface area contributed by atoms with Crippen molar-refractivity contribution in [2.24, 2.45) is 11.8 Å². The molecule has 2 aliphatic rings. The minimum Gasteiger partial charge on any atom is -0.328 e. The smallest absolute Gasteiger partial charge is 0.248 e. The summed E-state index contributed by atoms with van der Waals surface area (Å²) in [6.45, 7) is 5.54. The molecule has 4 heterocycles. The lowest BCUT2D eigenvalue weighted by Gasteiger charge is -2.27. The number of aryl methyl sites for hydroxylation is 2. The van der Waals surface area contributed by atoms with Crippen LogP contribution in [0.25, 0.3) is 22.0 Å². The Bertz CT molecular complexity index is 1650. The van der Waals surface area contributed by atoms with Crippen LogP contribution in [0.2, 0.25) is 0 Å². The molecule has 1 saturated carbocycles. The highest BCUT2D eigenvalue weighted by Crippen LogP contribution is 2.50. The molecule has 194 valence electrons. The molecular formula is C28H26BN7O3. The van der Waals surface area contributed by atoms with Crippen LogP contribution < -0.4 is 10.9 Å². The number of Topliss-reactive ketones (excluding diaryl/α,β-unsaturated/α-hetero) is 1. The van der Waals surface area contributed by atoms with Crippen LogP contribution >= 0.6 is 0 Å². The number of carbonyl (C=O) groups excluding carboxylic acids is 3. The summed E-state index contributed by atoms with van der Waals surface area (Å²) in [5.74, 6) is 0.798. The number of hydrogen-bond donors (Lipinski definition) is 1. The summed E-state index contributed by atoms with van der Waals surface area (Å²) in [4.78, 5) is 53.7. The molecular weight excluding hydrogens is 493 g/mol. The van der Waals surface area contributed by atoms with Crippen molar-refractivity contribution in [3.8, 4) is 11.1 Å². The molecule has 1 aliphatic heterocycles. The first-order valence-electron chi connectivity index (χ1n) is 12.8. The highest BCUT2D eigenvalue weighted by molar-refractivity contribution is 6.30. The van der Waals surface area contributed by atoms with E-state index in [1.807, 2.05) is 32.0 Å². The molecule has 10 nitrogen and oxygen atoms in total. The van der Waals surface area contributed by atoms with E-state index in [1.54, 1.807) is 34.1 Å². The fourth-order valence-corrected chi connectivity index (χ4v) is 5.42. The maximum absolute atomic E-state index is 13.6. The normalized spacial score (nSPS) is 19.7. The molecule has 11 heteroatoms. The SMILES string of the molecule is [B]c1ccc(C)c(NC(=O)[C@@H]2C3CC3CN2C(=O)Cn2nc(C(C)=O)c3cc(-c4cnc(C)nc4)ccc32)n1. The standard InChI is InChI=1S/C28H26BN7O3/c1-14-4-7-23(29)32-27(14)33-28(39)26-20-9-18(20)12-35(26)24(38)13-36-22-6-5-17(19-10-30-16(3)31-11-19)8-21(22)25(34-36)15(2)37/h4-8,10-11,18,20,26H,9,12-13H2,1-3H3,(H,32,33,39)/t18?,20?,26-/m0/s1. The number of rotatable bonds is 6. The van der Waals surface area contributed by atoms with Crippen molar-refractivity contribution >= 4 is 47.8 Å². The number of carbonyl (C=O) groups is 3. The number of hydrogen-bond acceptors (Lipinski definition) is 7. The van der Waals surface area contributed by atoms with E-state index in [0.29, 0.717) is 40.6 Å². The third-order valence-electron chi connectivity index (χ3n) is 7.58. The minimum absolute atomic E-state index is 0.0877. The molecule has 2 fully saturated rings. The van der Waals surface area contributed by atoms with Crippen molar-refractivity contribution in [3.05, 3.63) is 59.8 Å². The highest BCUT2D eigenvalue weighted by Gasteiger charge is 2.56. The van der Waals surface area contributed by atoms with Gasteiger partial charge < -0.3 is 10.2 Å². The predicted molar refractivity (Wildman–Crippen MR) is 146 cm³/mol. The molecule has 6 rings (SSSR count). The second kappa shape index (κ2) is 9.41. The first-order valence-corrected chi connectivity index (χ1v) is 12.8. The van der Waals surface area contributed by atoms with Crippen LogP contribution in [0.15, 0.2) is 42.7 Å². The van der Waals surface area contributed by atoms with Crippen LogP contribution in [0, 0.1) is 25.7 Å². The van der Waals surface area contributed by atoms with E-state index >= 15 is 0 Å². The van der Waals surface area contributed by atoms with Gasteiger partial charge in [-0.1, -0.05) is 18.2 Å². The molecule has 1 N–H and O–H groups in total. The monoisotopic (exact) mass is 519 g/mol. The molecule has 3 atom stereocenters. The number of pyridine rings is 1. The van der Waals surface area contributed by atoms with Gasteiger partial charge in [0, 0.05) is 36.8 Å². The van der Waals surface area contributed by atoms with Crippen LogP contribution in [0.4, 0.5) is 5.82 Å².